The zero-order valence-electron chi connectivity index (χ0n) is 16.7. The Morgan fingerprint density at radius 1 is 0.935 bits per heavy atom. The molecule has 0 aromatic heterocycles. The molecule has 0 saturated carbocycles. The number of aliphatic imine (C=N–C) groups is 1. The van der Waals surface area contributed by atoms with Gasteiger partial charge in [0.15, 0.2) is 6.04 Å². The maximum atomic E-state index is 13.6. The number of hydrogen-bond donors (Lipinski definition) is 0. The SMILES string of the molecule is CC(=O)N1C(=O)[C@]2(O[C@@]3(c4ccccc4)OC(c4ccccc4)=N[C@H]32)c2ccccc21. The number of carbonyl (C=O) groups excluding carboxylic acids is 2. The molecule has 3 atom stereocenters. The Morgan fingerprint density at radius 3 is 2.29 bits per heavy atom. The minimum Gasteiger partial charge on any atom is -0.438 e. The van der Waals surface area contributed by atoms with Crippen LogP contribution in [-0.2, 0) is 30.5 Å². The van der Waals surface area contributed by atoms with E-state index in [1.165, 1.54) is 11.8 Å². The molecule has 0 N–H and O–H groups in total. The van der Waals surface area contributed by atoms with Crippen LogP contribution in [0.15, 0.2) is 89.9 Å². The van der Waals surface area contributed by atoms with Crippen molar-refractivity contribution >= 4 is 23.4 Å². The summed E-state index contributed by atoms with van der Waals surface area (Å²) in [5.74, 6) is -1.61. The highest BCUT2D eigenvalue weighted by Crippen LogP contribution is 2.63. The van der Waals surface area contributed by atoms with Crippen LogP contribution in [0.5, 0.6) is 0 Å². The van der Waals surface area contributed by atoms with E-state index in [1.807, 2.05) is 72.8 Å². The Balaban J connectivity index is 1.55. The van der Waals surface area contributed by atoms with Crippen LogP contribution in [0.25, 0.3) is 0 Å². The first-order valence-electron chi connectivity index (χ1n) is 10.1. The highest BCUT2D eigenvalue weighted by atomic mass is 16.8. The predicted octanol–water partition coefficient (Wildman–Crippen LogP) is 3.50. The number of carbonyl (C=O) groups is 2. The van der Waals surface area contributed by atoms with E-state index in [-0.39, 0.29) is 5.91 Å². The van der Waals surface area contributed by atoms with E-state index < -0.39 is 23.3 Å². The molecule has 6 nitrogen and oxygen atoms in total. The molecule has 6 rings (SSSR count). The number of rotatable bonds is 2. The van der Waals surface area contributed by atoms with Crippen molar-refractivity contribution in [1.29, 1.82) is 0 Å². The third-order valence-corrected chi connectivity index (χ3v) is 6.13. The molecule has 3 heterocycles. The summed E-state index contributed by atoms with van der Waals surface area (Å²) in [6, 6.07) is 25.6. The van der Waals surface area contributed by atoms with Crippen LogP contribution in [0.3, 0.4) is 0 Å². The molecule has 1 spiro atoms. The lowest BCUT2D eigenvalue weighted by atomic mass is 9.74. The summed E-state index contributed by atoms with van der Waals surface area (Å²) in [4.78, 5) is 32.0. The number of para-hydroxylation sites is 1. The summed E-state index contributed by atoms with van der Waals surface area (Å²) in [7, 11) is 0. The predicted molar refractivity (Wildman–Crippen MR) is 113 cm³/mol. The fourth-order valence-corrected chi connectivity index (χ4v) is 4.81. The molecular formula is C25H18N2O4. The second-order valence-corrected chi connectivity index (χ2v) is 7.85. The Kier molecular flexibility index (Phi) is 3.56. The highest BCUT2D eigenvalue weighted by Gasteiger charge is 2.79. The number of hydrogen-bond acceptors (Lipinski definition) is 5. The van der Waals surface area contributed by atoms with Crippen LogP contribution in [-0.4, -0.2) is 23.8 Å². The quantitative estimate of drug-likeness (QED) is 0.649. The Hall–Kier alpha value is -3.77. The molecule has 1 fully saturated rings. The van der Waals surface area contributed by atoms with Gasteiger partial charge in [0.1, 0.15) is 0 Å². The summed E-state index contributed by atoms with van der Waals surface area (Å²) < 4.78 is 12.8. The molecule has 3 aliphatic heterocycles. The van der Waals surface area contributed by atoms with Gasteiger partial charge in [0, 0.05) is 23.6 Å². The molecule has 2 amide bonds. The molecule has 0 unspecified atom stereocenters. The minimum absolute atomic E-state index is 0.360. The van der Waals surface area contributed by atoms with Crippen LogP contribution in [0, 0.1) is 0 Å². The summed E-state index contributed by atoms with van der Waals surface area (Å²) in [6.07, 6.45) is 0. The van der Waals surface area contributed by atoms with E-state index >= 15 is 0 Å². The van der Waals surface area contributed by atoms with E-state index in [1.54, 1.807) is 12.1 Å². The molecule has 3 aliphatic rings. The fourth-order valence-electron chi connectivity index (χ4n) is 4.81. The Morgan fingerprint density at radius 2 is 1.58 bits per heavy atom. The standard InChI is InChI=1S/C25H18N2O4/c1-16(28)27-20-15-9-8-14-19(20)24(23(27)29)22-25(31-24,18-12-6-3-7-13-18)30-21(26-22)17-10-4-2-5-11-17/h2-15,22H,1H3/t22-,24-,25+/m0/s1. The van der Waals surface area contributed by atoms with Gasteiger partial charge in [-0.25, -0.2) is 9.89 Å². The molecular weight excluding hydrogens is 392 g/mol. The van der Waals surface area contributed by atoms with Crippen LogP contribution in [0.4, 0.5) is 5.69 Å². The van der Waals surface area contributed by atoms with Gasteiger partial charge in [0.05, 0.1) is 5.69 Å². The highest BCUT2D eigenvalue weighted by molar-refractivity contribution is 6.22. The lowest BCUT2D eigenvalue weighted by molar-refractivity contribution is -0.361. The van der Waals surface area contributed by atoms with Gasteiger partial charge in [-0.1, -0.05) is 66.7 Å². The second kappa shape index (κ2) is 6.12. The molecule has 31 heavy (non-hydrogen) atoms. The van der Waals surface area contributed by atoms with Gasteiger partial charge in [0.25, 0.3) is 11.7 Å². The van der Waals surface area contributed by atoms with Gasteiger partial charge in [-0.3, -0.25) is 9.59 Å². The second-order valence-electron chi connectivity index (χ2n) is 7.85. The van der Waals surface area contributed by atoms with Crippen LogP contribution >= 0.6 is 0 Å². The average molecular weight is 410 g/mol. The van der Waals surface area contributed by atoms with Crippen LogP contribution in [0.2, 0.25) is 0 Å². The van der Waals surface area contributed by atoms with Gasteiger partial charge in [0.2, 0.25) is 17.4 Å². The molecule has 0 radical (unpaired) electrons. The summed E-state index contributed by atoms with van der Waals surface area (Å²) >= 11 is 0. The Bertz CT molecular complexity index is 1260. The van der Waals surface area contributed by atoms with E-state index in [9.17, 15) is 9.59 Å². The number of anilines is 1. The first-order valence-corrected chi connectivity index (χ1v) is 10.1. The molecule has 1 saturated heterocycles. The normalized spacial score (nSPS) is 27.9. The lowest BCUT2D eigenvalue weighted by Crippen LogP contribution is -2.70. The largest absolute Gasteiger partial charge is 0.438 e. The van der Waals surface area contributed by atoms with Gasteiger partial charge in [-0.2, -0.15) is 0 Å². The first-order chi connectivity index (χ1) is 15.1. The van der Waals surface area contributed by atoms with Crippen molar-refractivity contribution in [3.05, 3.63) is 102 Å². The first kappa shape index (κ1) is 18.0. The molecule has 0 bridgehead atoms. The summed E-state index contributed by atoms with van der Waals surface area (Å²) in [5, 5.41) is 0. The minimum atomic E-state index is -1.41. The smallest absolute Gasteiger partial charge is 0.273 e. The van der Waals surface area contributed by atoms with Crippen molar-refractivity contribution in [2.24, 2.45) is 4.99 Å². The number of amides is 2. The third kappa shape index (κ3) is 2.17. The molecule has 0 aliphatic carbocycles. The summed E-state index contributed by atoms with van der Waals surface area (Å²) in [6.45, 7) is 1.38. The number of fused-ring (bicyclic) bond motifs is 4. The van der Waals surface area contributed by atoms with Gasteiger partial charge in [-0.05, 0) is 18.2 Å². The average Bonchev–Trinajstić information content (AvgIpc) is 3.25. The molecule has 6 heteroatoms. The molecule has 3 aromatic carbocycles. The zero-order valence-corrected chi connectivity index (χ0v) is 16.7. The van der Waals surface area contributed by atoms with Crippen molar-refractivity contribution in [3.63, 3.8) is 0 Å². The lowest BCUT2D eigenvalue weighted by Gasteiger charge is -2.53. The van der Waals surface area contributed by atoms with Crippen molar-refractivity contribution in [2.75, 3.05) is 4.90 Å². The van der Waals surface area contributed by atoms with Gasteiger partial charge >= 0.3 is 0 Å². The van der Waals surface area contributed by atoms with E-state index in [4.69, 9.17) is 14.5 Å². The van der Waals surface area contributed by atoms with E-state index in [2.05, 4.69) is 0 Å². The monoisotopic (exact) mass is 410 g/mol. The van der Waals surface area contributed by atoms with Crippen molar-refractivity contribution in [1.82, 2.24) is 0 Å². The number of imide groups is 1. The van der Waals surface area contributed by atoms with Gasteiger partial charge in [-0.15, -0.1) is 0 Å². The number of nitrogens with zero attached hydrogens (tertiary/aromatic N) is 2. The van der Waals surface area contributed by atoms with E-state index in [0.29, 0.717) is 17.1 Å². The Labute approximate surface area is 178 Å². The van der Waals surface area contributed by atoms with Crippen LogP contribution in [0.1, 0.15) is 23.6 Å². The fraction of sp³-hybridized carbons (Fsp3) is 0.160. The maximum Gasteiger partial charge on any atom is 0.273 e. The van der Waals surface area contributed by atoms with Crippen molar-refractivity contribution in [2.45, 2.75) is 24.4 Å². The van der Waals surface area contributed by atoms with Gasteiger partial charge < -0.3 is 9.47 Å². The van der Waals surface area contributed by atoms with Crippen molar-refractivity contribution in [3.8, 4) is 0 Å². The van der Waals surface area contributed by atoms with Crippen LogP contribution < -0.4 is 4.90 Å². The van der Waals surface area contributed by atoms with E-state index in [0.717, 1.165) is 11.1 Å². The maximum absolute atomic E-state index is 13.6. The topological polar surface area (TPSA) is 68.2 Å². The summed E-state index contributed by atoms with van der Waals surface area (Å²) in [5.41, 5.74) is 1.33. The zero-order chi connectivity index (χ0) is 21.2. The van der Waals surface area contributed by atoms with Crippen molar-refractivity contribution < 1.29 is 19.1 Å². The molecule has 3 aromatic rings. The third-order valence-electron chi connectivity index (χ3n) is 6.13. The number of ether oxygens (including phenoxy) is 2. The molecule has 152 valence electrons. The number of benzene rings is 3.